The first-order chi connectivity index (χ1) is 5.56. The summed E-state index contributed by atoms with van der Waals surface area (Å²) in [5.74, 6) is -1.76. The first-order valence-corrected chi connectivity index (χ1v) is 3.26. The van der Waals surface area contributed by atoms with E-state index in [9.17, 15) is 14.7 Å². The molecule has 6 heteroatoms. The Hall–Kier alpha value is 0.116. The van der Waals surface area contributed by atoms with E-state index >= 15 is 0 Å². The average molecular weight is 211 g/mol. The van der Waals surface area contributed by atoms with Crippen LogP contribution in [0.25, 0.3) is 0 Å². The fourth-order valence-corrected chi connectivity index (χ4v) is 0.498. The van der Waals surface area contributed by atoms with Crippen molar-refractivity contribution in [3.05, 3.63) is 11.8 Å². The molecule has 13 heavy (non-hydrogen) atoms. The number of esters is 1. The molecule has 1 N–H and O–H groups in total. The number of methoxy groups -OCH3 is 1. The molecule has 0 aliphatic heterocycles. The second kappa shape index (κ2) is 8.70. The van der Waals surface area contributed by atoms with E-state index in [2.05, 4.69) is 10.1 Å². The van der Waals surface area contributed by atoms with Crippen molar-refractivity contribution in [1.82, 2.24) is 5.32 Å². The molecule has 0 saturated heterocycles. The van der Waals surface area contributed by atoms with Gasteiger partial charge in [-0.2, -0.15) is 0 Å². The zero-order chi connectivity index (χ0) is 9.56. The van der Waals surface area contributed by atoms with E-state index in [1.54, 1.807) is 6.92 Å². The first kappa shape index (κ1) is 15.6. The van der Waals surface area contributed by atoms with Crippen molar-refractivity contribution in [3.63, 3.8) is 0 Å². The Morgan fingerprint density at radius 1 is 1.54 bits per heavy atom. The molecule has 0 aromatic heterocycles. The fraction of sp³-hybridized carbons (Fsp3) is 0.429. The van der Waals surface area contributed by atoms with Crippen LogP contribution in [0.3, 0.4) is 0 Å². The number of carboxylic acids is 1. The summed E-state index contributed by atoms with van der Waals surface area (Å²) in [4.78, 5) is 20.5. The SMILES string of the molecule is COC(=O)/C=C(\C)NCC(=O)[O-].[K+]. The number of hydrogen-bond acceptors (Lipinski definition) is 5. The molecule has 0 atom stereocenters. The van der Waals surface area contributed by atoms with Crippen LogP contribution in [0.4, 0.5) is 0 Å². The number of carbonyl (C=O) groups excluding carboxylic acids is 2. The second-order valence-electron chi connectivity index (χ2n) is 2.08. The summed E-state index contributed by atoms with van der Waals surface area (Å²) < 4.78 is 4.31. The first-order valence-electron chi connectivity index (χ1n) is 3.26. The molecule has 0 bridgehead atoms. The summed E-state index contributed by atoms with van der Waals surface area (Å²) in [5.41, 5.74) is 0.422. The molecule has 0 aliphatic rings. The number of aliphatic carboxylic acids is 1. The van der Waals surface area contributed by atoms with Gasteiger partial charge in [-0.25, -0.2) is 4.79 Å². The maximum atomic E-state index is 10.6. The number of rotatable bonds is 4. The maximum Gasteiger partial charge on any atom is 1.00 e. The molecule has 0 spiro atoms. The monoisotopic (exact) mass is 211 g/mol. The third-order valence-corrected chi connectivity index (χ3v) is 1.05. The van der Waals surface area contributed by atoms with Gasteiger partial charge in [-0.05, 0) is 6.92 Å². The molecule has 68 valence electrons. The predicted molar refractivity (Wildman–Crippen MR) is 38.8 cm³/mol. The zero-order valence-corrected chi connectivity index (χ0v) is 11.0. The van der Waals surface area contributed by atoms with Gasteiger partial charge in [0.15, 0.2) is 0 Å². The van der Waals surface area contributed by atoms with Crippen molar-refractivity contribution in [2.75, 3.05) is 13.7 Å². The summed E-state index contributed by atoms with van der Waals surface area (Å²) in [6.07, 6.45) is 1.16. The minimum atomic E-state index is -1.23. The standard InChI is InChI=1S/C7H11NO4.K/c1-5(3-7(11)12-2)8-4-6(9)10;/h3,8H,4H2,1-2H3,(H,9,10);/q;+1/p-1/b5-3+;. The molecule has 0 heterocycles. The van der Waals surface area contributed by atoms with Gasteiger partial charge in [-0.3, -0.25) is 0 Å². The van der Waals surface area contributed by atoms with Gasteiger partial charge in [-0.15, -0.1) is 0 Å². The third-order valence-electron chi connectivity index (χ3n) is 1.05. The van der Waals surface area contributed by atoms with E-state index in [-0.39, 0.29) is 57.9 Å². The molecule has 0 unspecified atom stereocenters. The molecule has 0 rings (SSSR count). The fourth-order valence-electron chi connectivity index (χ4n) is 0.498. The van der Waals surface area contributed by atoms with Gasteiger partial charge in [-0.1, -0.05) is 0 Å². The topological polar surface area (TPSA) is 78.5 Å². The van der Waals surface area contributed by atoms with Crippen LogP contribution in [0.2, 0.25) is 0 Å². The number of allylic oxidation sites excluding steroid dienone is 1. The Kier molecular flexibility index (Phi) is 10.4. The van der Waals surface area contributed by atoms with Crippen molar-refractivity contribution < 1.29 is 70.8 Å². The number of hydrogen-bond donors (Lipinski definition) is 1. The molecular formula is C7H10KNO4. The van der Waals surface area contributed by atoms with E-state index in [0.29, 0.717) is 5.70 Å². The largest absolute Gasteiger partial charge is 1.00 e. The summed E-state index contributed by atoms with van der Waals surface area (Å²) in [5, 5.41) is 12.4. The number of ether oxygens (including phenoxy) is 1. The Labute approximate surface area is 119 Å². The summed E-state index contributed by atoms with van der Waals surface area (Å²) in [7, 11) is 1.24. The molecule has 0 amide bonds. The molecule has 5 nitrogen and oxygen atoms in total. The van der Waals surface area contributed by atoms with Crippen molar-refractivity contribution in [2.24, 2.45) is 0 Å². The van der Waals surface area contributed by atoms with Gasteiger partial charge in [0.2, 0.25) is 0 Å². The maximum absolute atomic E-state index is 10.6. The van der Waals surface area contributed by atoms with Gasteiger partial charge in [0, 0.05) is 11.8 Å². The number of nitrogens with one attached hydrogen (secondary N) is 1. The van der Waals surface area contributed by atoms with Crippen LogP contribution in [-0.4, -0.2) is 25.6 Å². The second-order valence-corrected chi connectivity index (χ2v) is 2.08. The Morgan fingerprint density at radius 2 is 2.08 bits per heavy atom. The summed E-state index contributed by atoms with van der Waals surface area (Å²) in [6, 6.07) is 0. The number of carbonyl (C=O) groups is 2. The molecule has 0 aliphatic carbocycles. The van der Waals surface area contributed by atoms with E-state index in [1.807, 2.05) is 0 Å². The van der Waals surface area contributed by atoms with Crippen LogP contribution in [-0.2, 0) is 14.3 Å². The van der Waals surface area contributed by atoms with Crippen LogP contribution in [0.5, 0.6) is 0 Å². The summed E-state index contributed by atoms with van der Waals surface area (Å²) >= 11 is 0. The van der Waals surface area contributed by atoms with Gasteiger partial charge in [0.25, 0.3) is 0 Å². The van der Waals surface area contributed by atoms with Gasteiger partial charge in [0.05, 0.1) is 19.6 Å². The van der Waals surface area contributed by atoms with E-state index in [0.717, 1.165) is 6.08 Å². The van der Waals surface area contributed by atoms with E-state index in [1.165, 1.54) is 7.11 Å². The molecule has 0 fully saturated rings. The van der Waals surface area contributed by atoms with Gasteiger partial charge >= 0.3 is 57.4 Å². The van der Waals surface area contributed by atoms with Gasteiger partial charge in [0.1, 0.15) is 0 Å². The third kappa shape index (κ3) is 10.0. The normalized spacial score (nSPS) is 9.85. The average Bonchev–Trinajstić information content (AvgIpc) is 2.00. The van der Waals surface area contributed by atoms with E-state index < -0.39 is 11.9 Å². The van der Waals surface area contributed by atoms with Crippen molar-refractivity contribution in [2.45, 2.75) is 6.92 Å². The van der Waals surface area contributed by atoms with Crippen molar-refractivity contribution in [3.8, 4) is 0 Å². The Balaban J connectivity index is 0. The molecular weight excluding hydrogens is 201 g/mol. The van der Waals surface area contributed by atoms with Crippen molar-refractivity contribution >= 4 is 11.9 Å². The molecule has 0 radical (unpaired) electrons. The smallest absolute Gasteiger partial charge is 0.548 e. The Bertz CT molecular complexity index is 215. The van der Waals surface area contributed by atoms with E-state index in [4.69, 9.17) is 0 Å². The quantitative estimate of drug-likeness (QED) is 0.288. The zero-order valence-electron chi connectivity index (χ0n) is 7.92. The van der Waals surface area contributed by atoms with Crippen molar-refractivity contribution in [1.29, 1.82) is 0 Å². The van der Waals surface area contributed by atoms with Crippen LogP contribution < -0.4 is 61.8 Å². The molecule has 0 aromatic carbocycles. The minimum Gasteiger partial charge on any atom is -0.548 e. The van der Waals surface area contributed by atoms with Crippen LogP contribution >= 0.6 is 0 Å². The molecule has 0 aromatic rings. The van der Waals surface area contributed by atoms with Crippen LogP contribution in [0.15, 0.2) is 11.8 Å². The predicted octanol–water partition coefficient (Wildman–Crippen LogP) is -4.59. The number of carboxylic acid groups (broad SMARTS) is 1. The minimum absolute atomic E-state index is 0. The van der Waals surface area contributed by atoms with Gasteiger partial charge < -0.3 is 20.0 Å². The summed E-state index contributed by atoms with van der Waals surface area (Å²) in [6.45, 7) is 1.24. The Morgan fingerprint density at radius 3 is 2.46 bits per heavy atom. The molecule has 0 saturated carbocycles. The van der Waals surface area contributed by atoms with Crippen LogP contribution in [0, 0.1) is 0 Å². The van der Waals surface area contributed by atoms with Crippen LogP contribution in [0.1, 0.15) is 6.92 Å².